The van der Waals surface area contributed by atoms with E-state index in [1.54, 1.807) is 7.05 Å². The lowest BCUT2D eigenvalue weighted by Crippen LogP contribution is -2.51. The van der Waals surface area contributed by atoms with E-state index < -0.39 is 11.5 Å². The summed E-state index contributed by atoms with van der Waals surface area (Å²) in [6, 6.07) is 0.381. The number of likely N-dealkylation sites (tertiary alicyclic amines) is 1. The van der Waals surface area contributed by atoms with Gasteiger partial charge in [-0.15, -0.1) is 0 Å². The van der Waals surface area contributed by atoms with Gasteiger partial charge in [0.05, 0.1) is 6.10 Å². The van der Waals surface area contributed by atoms with Crippen LogP contribution in [0.15, 0.2) is 0 Å². The number of nitrogens with zero attached hydrogens (tertiary/aromatic N) is 1. The SMILES string of the molecule is CCOC1CCCN(C2CCC(NC)(C(=O)O)C2)C1. The first-order chi connectivity index (χ1) is 9.11. The van der Waals surface area contributed by atoms with Crippen molar-refractivity contribution in [2.75, 3.05) is 26.7 Å². The molecule has 0 radical (unpaired) electrons. The molecule has 0 amide bonds. The first-order valence-electron chi connectivity index (χ1n) is 7.39. The van der Waals surface area contributed by atoms with Crippen LogP contribution in [0.5, 0.6) is 0 Å². The minimum Gasteiger partial charge on any atom is -0.480 e. The van der Waals surface area contributed by atoms with E-state index in [2.05, 4.69) is 10.2 Å². The minimum atomic E-state index is -0.719. The van der Waals surface area contributed by atoms with Crippen LogP contribution in [-0.2, 0) is 9.53 Å². The largest absolute Gasteiger partial charge is 0.480 e. The topological polar surface area (TPSA) is 61.8 Å². The Morgan fingerprint density at radius 1 is 1.53 bits per heavy atom. The summed E-state index contributed by atoms with van der Waals surface area (Å²) in [5.74, 6) is -0.712. The zero-order valence-corrected chi connectivity index (χ0v) is 12.0. The molecule has 0 bridgehead atoms. The van der Waals surface area contributed by atoms with E-state index in [0.717, 1.165) is 45.4 Å². The molecule has 2 rings (SSSR count). The van der Waals surface area contributed by atoms with Gasteiger partial charge in [0.2, 0.25) is 0 Å². The van der Waals surface area contributed by atoms with Crippen molar-refractivity contribution in [1.29, 1.82) is 0 Å². The maximum atomic E-state index is 11.4. The van der Waals surface area contributed by atoms with Crippen LogP contribution in [0.2, 0.25) is 0 Å². The quantitative estimate of drug-likeness (QED) is 0.783. The van der Waals surface area contributed by atoms with E-state index in [0.29, 0.717) is 18.6 Å². The molecule has 2 N–H and O–H groups in total. The number of hydrogen-bond acceptors (Lipinski definition) is 4. The summed E-state index contributed by atoms with van der Waals surface area (Å²) in [7, 11) is 1.76. The van der Waals surface area contributed by atoms with Gasteiger partial charge in [-0.1, -0.05) is 0 Å². The average molecular weight is 270 g/mol. The Balaban J connectivity index is 1.94. The third kappa shape index (κ3) is 3.09. The lowest BCUT2D eigenvalue weighted by atomic mass is 9.97. The molecule has 0 aromatic carbocycles. The molecule has 5 nitrogen and oxygen atoms in total. The fourth-order valence-electron chi connectivity index (χ4n) is 3.53. The highest BCUT2D eigenvalue weighted by Crippen LogP contribution is 2.34. The highest BCUT2D eigenvalue weighted by Gasteiger charge is 2.46. The van der Waals surface area contributed by atoms with Crippen molar-refractivity contribution in [1.82, 2.24) is 10.2 Å². The van der Waals surface area contributed by atoms with Crippen molar-refractivity contribution in [2.24, 2.45) is 0 Å². The number of ether oxygens (including phenoxy) is 1. The monoisotopic (exact) mass is 270 g/mol. The van der Waals surface area contributed by atoms with Gasteiger partial charge in [0.1, 0.15) is 5.54 Å². The van der Waals surface area contributed by atoms with Gasteiger partial charge in [-0.25, -0.2) is 0 Å². The van der Waals surface area contributed by atoms with E-state index in [9.17, 15) is 9.90 Å². The summed E-state index contributed by atoms with van der Waals surface area (Å²) in [5, 5.41) is 12.4. The summed E-state index contributed by atoms with van der Waals surface area (Å²) in [6.45, 7) is 4.83. The molecule has 2 fully saturated rings. The summed E-state index contributed by atoms with van der Waals surface area (Å²) in [6.07, 6.45) is 5.00. The van der Waals surface area contributed by atoms with Gasteiger partial charge in [-0.3, -0.25) is 9.69 Å². The molecule has 1 saturated heterocycles. The van der Waals surface area contributed by atoms with Gasteiger partial charge < -0.3 is 15.2 Å². The molecule has 0 aromatic rings. The molecule has 0 spiro atoms. The van der Waals surface area contributed by atoms with Crippen molar-refractivity contribution in [3.05, 3.63) is 0 Å². The molecular formula is C14H26N2O3. The van der Waals surface area contributed by atoms with E-state index >= 15 is 0 Å². The minimum absolute atomic E-state index is 0.327. The van der Waals surface area contributed by atoms with Crippen LogP contribution < -0.4 is 5.32 Å². The zero-order chi connectivity index (χ0) is 13.9. The molecule has 1 heterocycles. The maximum Gasteiger partial charge on any atom is 0.323 e. The van der Waals surface area contributed by atoms with Gasteiger partial charge in [0.25, 0.3) is 0 Å². The van der Waals surface area contributed by atoms with Gasteiger partial charge in [0, 0.05) is 19.2 Å². The smallest absolute Gasteiger partial charge is 0.323 e. The van der Waals surface area contributed by atoms with Crippen LogP contribution >= 0.6 is 0 Å². The standard InChI is InChI=1S/C14H26N2O3/c1-3-19-12-5-4-8-16(10-12)11-6-7-14(9-11,15-2)13(17)18/h11-12,15H,3-10H2,1-2H3,(H,17,18). The Kier molecular flexibility index (Phi) is 4.81. The lowest BCUT2D eigenvalue weighted by Gasteiger charge is -2.37. The number of likely N-dealkylation sites (N-methyl/N-ethyl adjacent to an activating group) is 1. The van der Waals surface area contributed by atoms with Crippen molar-refractivity contribution in [2.45, 2.75) is 56.7 Å². The number of nitrogens with one attached hydrogen (secondary N) is 1. The third-order valence-electron chi connectivity index (χ3n) is 4.70. The number of rotatable bonds is 5. The molecule has 3 atom stereocenters. The number of piperidine rings is 1. The molecule has 3 unspecified atom stereocenters. The number of aliphatic carboxylic acids is 1. The predicted octanol–water partition coefficient (Wildman–Crippen LogP) is 1.08. The van der Waals surface area contributed by atoms with Crippen molar-refractivity contribution in [3.8, 4) is 0 Å². The summed E-state index contributed by atoms with van der Waals surface area (Å²) in [4.78, 5) is 13.9. The van der Waals surface area contributed by atoms with Crippen LogP contribution in [0.1, 0.15) is 39.0 Å². The van der Waals surface area contributed by atoms with E-state index in [1.165, 1.54) is 0 Å². The van der Waals surface area contributed by atoms with Gasteiger partial charge in [-0.2, -0.15) is 0 Å². The Labute approximate surface area is 115 Å². The molecular weight excluding hydrogens is 244 g/mol. The van der Waals surface area contributed by atoms with Crippen LogP contribution in [0, 0.1) is 0 Å². The Morgan fingerprint density at radius 2 is 2.32 bits per heavy atom. The van der Waals surface area contributed by atoms with Crippen molar-refractivity contribution >= 4 is 5.97 Å². The Hall–Kier alpha value is -0.650. The van der Waals surface area contributed by atoms with Crippen LogP contribution in [-0.4, -0.2) is 60.4 Å². The molecule has 0 aromatic heterocycles. The normalized spacial score (nSPS) is 36.5. The molecule has 1 saturated carbocycles. The second kappa shape index (κ2) is 6.20. The first kappa shape index (κ1) is 14.8. The summed E-state index contributed by atoms with van der Waals surface area (Å²) >= 11 is 0. The highest BCUT2D eigenvalue weighted by atomic mass is 16.5. The van der Waals surface area contributed by atoms with Crippen molar-refractivity contribution < 1.29 is 14.6 Å². The number of carbonyl (C=O) groups is 1. The van der Waals surface area contributed by atoms with Crippen LogP contribution in [0.3, 0.4) is 0 Å². The van der Waals surface area contributed by atoms with Crippen LogP contribution in [0.4, 0.5) is 0 Å². The predicted molar refractivity (Wildman–Crippen MR) is 73.3 cm³/mol. The van der Waals surface area contributed by atoms with Crippen molar-refractivity contribution in [3.63, 3.8) is 0 Å². The second-order valence-corrected chi connectivity index (χ2v) is 5.75. The molecule has 1 aliphatic heterocycles. The van der Waals surface area contributed by atoms with Gasteiger partial charge >= 0.3 is 5.97 Å². The zero-order valence-electron chi connectivity index (χ0n) is 12.0. The second-order valence-electron chi connectivity index (χ2n) is 5.75. The highest BCUT2D eigenvalue weighted by molar-refractivity contribution is 5.79. The molecule has 110 valence electrons. The maximum absolute atomic E-state index is 11.4. The summed E-state index contributed by atoms with van der Waals surface area (Å²) in [5.41, 5.74) is -0.719. The molecule has 19 heavy (non-hydrogen) atoms. The number of carboxylic acids is 1. The Bertz CT molecular complexity index is 322. The molecule has 5 heteroatoms. The van der Waals surface area contributed by atoms with E-state index in [1.807, 2.05) is 6.92 Å². The fraction of sp³-hybridized carbons (Fsp3) is 0.929. The number of hydrogen-bond donors (Lipinski definition) is 2. The van der Waals surface area contributed by atoms with Gasteiger partial charge in [-0.05, 0) is 52.6 Å². The number of carboxylic acid groups (broad SMARTS) is 1. The average Bonchev–Trinajstić information content (AvgIpc) is 2.85. The lowest BCUT2D eigenvalue weighted by molar-refractivity contribution is -0.144. The third-order valence-corrected chi connectivity index (χ3v) is 4.70. The molecule has 2 aliphatic rings. The van der Waals surface area contributed by atoms with E-state index in [4.69, 9.17) is 4.74 Å². The Morgan fingerprint density at radius 3 is 2.89 bits per heavy atom. The summed E-state index contributed by atoms with van der Waals surface area (Å²) < 4.78 is 5.72. The molecule has 1 aliphatic carbocycles. The van der Waals surface area contributed by atoms with E-state index in [-0.39, 0.29) is 0 Å². The van der Waals surface area contributed by atoms with Crippen LogP contribution in [0.25, 0.3) is 0 Å². The van der Waals surface area contributed by atoms with Gasteiger partial charge in [0.15, 0.2) is 0 Å². The fourth-order valence-corrected chi connectivity index (χ4v) is 3.53. The first-order valence-corrected chi connectivity index (χ1v) is 7.39.